The summed E-state index contributed by atoms with van der Waals surface area (Å²) in [6, 6.07) is 10.9. The highest BCUT2D eigenvalue weighted by Gasteiger charge is 2.46. The summed E-state index contributed by atoms with van der Waals surface area (Å²) in [4.78, 5) is 4.34. The Morgan fingerprint density at radius 2 is 1.78 bits per heavy atom. The molecule has 1 heterocycles. The van der Waals surface area contributed by atoms with Crippen LogP contribution in [0.15, 0.2) is 48.7 Å². The lowest BCUT2D eigenvalue weighted by molar-refractivity contribution is -0.137. The van der Waals surface area contributed by atoms with Gasteiger partial charge in [0.2, 0.25) is 0 Å². The van der Waals surface area contributed by atoms with Crippen LogP contribution in [-0.2, 0) is 11.6 Å². The van der Waals surface area contributed by atoms with E-state index in [1.165, 1.54) is 0 Å². The summed E-state index contributed by atoms with van der Waals surface area (Å²) >= 11 is 0. The maximum Gasteiger partial charge on any atom is 0.416 e. The Kier molecular flexibility index (Phi) is 4.15. The number of halogens is 3. The molecular formula is C18H18F3NO. The summed E-state index contributed by atoms with van der Waals surface area (Å²) in [5.41, 5.74) is 0.665. The second-order valence-corrected chi connectivity index (χ2v) is 6.07. The van der Waals surface area contributed by atoms with Gasteiger partial charge >= 0.3 is 6.18 Å². The molecule has 0 spiro atoms. The van der Waals surface area contributed by atoms with Gasteiger partial charge in [-0.15, -0.1) is 0 Å². The average molecular weight is 321 g/mol. The van der Waals surface area contributed by atoms with Gasteiger partial charge in [0.05, 0.1) is 12.2 Å². The van der Waals surface area contributed by atoms with Gasteiger partial charge in [0.15, 0.2) is 0 Å². The fourth-order valence-electron chi connectivity index (χ4n) is 3.52. The van der Waals surface area contributed by atoms with Crippen LogP contribution in [0.2, 0.25) is 0 Å². The summed E-state index contributed by atoms with van der Waals surface area (Å²) < 4.78 is 38.3. The Balaban J connectivity index is 1.97. The van der Waals surface area contributed by atoms with Crippen LogP contribution in [0.1, 0.15) is 42.0 Å². The van der Waals surface area contributed by atoms with Gasteiger partial charge in [-0.1, -0.05) is 24.6 Å². The molecule has 2 aromatic rings. The number of hydrogen-bond donors (Lipinski definition) is 1. The van der Waals surface area contributed by atoms with E-state index in [0.717, 1.165) is 42.7 Å². The predicted molar refractivity (Wildman–Crippen MR) is 81.0 cm³/mol. The highest BCUT2D eigenvalue weighted by molar-refractivity contribution is 5.36. The van der Waals surface area contributed by atoms with Crippen molar-refractivity contribution in [2.24, 2.45) is 0 Å². The minimum Gasteiger partial charge on any atom is -0.396 e. The quantitative estimate of drug-likeness (QED) is 0.911. The Bertz CT molecular complexity index is 648. The zero-order chi connectivity index (χ0) is 16.5. The molecule has 122 valence electrons. The van der Waals surface area contributed by atoms with Crippen LogP contribution in [0.4, 0.5) is 13.2 Å². The molecule has 1 N–H and O–H groups in total. The summed E-state index contributed by atoms with van der Waals surface area (Å²) in [6.45, 7) is -0.0714. The maximum absolute atomic E-state index is 12.8. The molecule has 1 aromatic carbocycles. The third kappa shape index (κ3) is 2.85. The number of aliphatic hydroxyl groups is 1. The highest BCUT2D eigenvalue weighted by atomic mass is 19.4. The second kappa shape index (κ2) is 5.96. The molecule has 23 heavy (non-hydrogen) atoms. The van der Waals surface area contributed by atoms with Gasteiger partial charge in [-0.3, -0.25) is 4.98 Å². The van der Waals surface area contributed by atoms with E-state index in [9.17, 15) is 18.3 Å². The molecule has 1 aliphatic rings. The number of nitrogens with zero attached hydrogens (tertiary/aromatic N) is 1. The predicted octanol–water partition coefficient (Wildman–Crippen LogP) is 4.30. The second-order valence-electron chi connectivity index (χ2n) is 6.07. The minimum absolute atomic E-state index is 0.0714. The largest absolute Gasteiger partial charge is 0.416 e. The van der Waals surface area contributed by atoms with Crippen LogP contribution in [0, 0.1) is 0 Å². The van der Waals surface area contributed by atoms with Gasteiger partial charge in [0.25, 0.3) is 0 Å². The van der Waals surface area contributed by atoms with Gasteiger partial charge in [-0.25, -0.2) is 0 Å². The normalized spacial score (nSPS) is 18.3. The maximum atomic E-state index is 12.8. The topological polar surface area (TPSA) is 33.1 Å². The molecule has 5 heteroatoms. The summed E-state index contributed by atoms with van der Waals surface area (Å²) in [7, 11) is 0. The molecule has 0 radical (unpaired) electrons. The van der Waals surface area contributed by atoms with E-state index in [4.69, 9.17) is 0 Å². The molecule has 1 aliphatic carbocycles. The third-order valence-electron chi connectivity index (χ3n) is 4.93. The molecule has 1 fully saturated rings. The van der Waals surface area contributed by atoms with Crippen LogP contribution in [0.5, 0.6) is 0 Å². The first-order valence-corrected chi connectivity index (χ1v) is 7.67. The van der Waals surface area contributed by atoms with Crippen LogP contribution in [0.3, 0.4) is 0 Å². The van der Waals surface area contributed by atoms with Gasteiger partial charge in [-0.2, -0.15) is 13.2 Å². The summed E-state index contributed by atoms with van der Waals surface area (Å²) in [6.07, 6.45) is 0.0461. The van der Waals surface area contributed by atoms with Gasteiger partial charge < -0.3 is 5.11 Å². The van der Waals surface area contributed by atoms with E-state index in [0.29, 0.717) is 0 Å². The number of benzene rings is 1. The van der Waals surface area contributed by atoms with Crippen molar-refractivity contribution in [1.29, 1.82) is 0 Å². The molecule has 3 rings (SSSR count). The van der Waals surface area contributed by atoms with Crippen molar-refractivity contribution in [2.75, 3.05) is 6.61 Å². The molecular weight excluding hydrogens is 303 g/mol. The van der Waals surface area contributed by atoms with E-state index >= 15 is 0 Å². The zero-order valence-electron chi connectivity index (χ0n) is 12.6. The van der Waals surface area contributed by atoms with Crippen LogP contribution in [0.25, 0.3) is 0 Å². The van der Waals surface area contributed by atoms with E-state index in [1.54, 1.807) is 18.3 Å². The zero-order valence-corrected chi connectivity index (χ0v) is 12.6. The molecule has 1 unspecified atom stereocenters. The molecule has 1 atom stereocenters. The van der Waals surface area contributed by atoms with Gasteiger partial charge in [-0.05, 0) is 42.7 Å². The molecule has 0 saturated heterocycles. The van der Waals surface area contributed by atoms with E-state index in [2.05, 4.69) is 4.98 Å². The van der Waals surface area contributed by atoms with E-state index in [-0.39, 0.29) is 17.9 Å². The fourth-order valence-corrected chi connectivity index (χ4v) is 3.52. The average Bonchev–Trinajstić information content (AvgIpc) is 2.51. The monoisotopic (exact) mass is 321 g/mol. The first-order chi connectivity index (χ1) is 11.0. The van der Waals surface area contributed by atoms with Crippen molar-refractivity contribution < 1.29 is 18.3 Å². The highest BCUT2D eigenvalue weighted by Crippen LogP contribution is 2.53. The minimum atomic E-state index is -4.33. The molecule has 1 aromatic heterocycles. The smallest absolute Gasteiger partial charge is 0.396 e. The van der Waals surface area contributed by atoms with Crippen LogP contribution < -0.4 is 0 Å². The lowest BCUT2D eigenvalue weighted by atomic mass is 9.57. The molecule has 0 amide bonds. The van der Waals surface area contributed by atoms with Crippen molar-refractivity contribution in [3.8, 4) is 0 Å². The lowest BCUT2D eigenvalue weighted by Gasteiger charge is -2.47. The lowest BCUT2D eigenvalue weighted by Crippen LogP contribution is -2.42. The van der Waals surface area contributed by atoms with E-state index < -0.39 is 11.7 Å². The number of aromatic nitrogens is 1. The number of aliphatic hydroxyl groups excluding tert-OH is 1. The Labute approximate surface area is 133 Å². The number of alkyl halides is 3. The van der Waals surface area contributed by atoms with Crippen molar-refractivity contribution >= 4 is 0 Å². The third-order valence-corrected chi connectivity index (χ3v) is 4.93. The fraction of sp³-hybridized carbons (Fsp3) is 0.389. The first-order valence-electron chi connectivity index (χ1n) is 7.67. The Morgan fingerprint density at radius 1 is 1.09 bits per heavy atom. The number of hydrogen-bond acceptors (Lipinski definition) is 2. The van der Waals surface area contributed by atoms with Crippen LogP contribution >= 0.6 is 0 Å². The standard InChI is InChI=1S/C18H18F3NO/c19-18(20,21)14-7-5-13(6-8-14)17(9-3-10-17)15(12-23)16-4-1-2-11-22-16/h1-2,4-8,11,15,23H,3,9-10,12H2. The van der Waals surface area contributed by atoms with Crippen LogP contribution in [-0.4, -0.2) is 16.7 Å². The summed E-state index contributed by atoms with van der Waals surface area (Å²) in [5.74, 6) is -0.200. The Morgan fingerprint density at radius 3 is 2.22 bits per heavy atom. The summed E-state index contributed by atoms with van der Waals surface area (Å²) in [5, 5.41) is 9.91. The molecule has 1 saturated carbocycles. The number of pyridine rings is 1. The molecule has 0 aliphatic heterocycles. The first kappa shape index (κ1) is 16.0. The van der Waals surface area contributed by atoms with Gasteiger partial charge in [0, 0.05) is 23.2 Å². The van der Waals surface area contributed by atoms with Crippen molar-refractivity contribution in [3.05, 3.63) is 65.5 Å². The molecule has 0 bridgehead atoms. The van der Waals surface area contributed by atoms with Crippen molar-refractivity contribution in [1.82, 2.24) is 4.98 Å². The van der Waals surface area contributed by atoms with Gasteiger partial charge in [0.1, 0.15) is 0 Å². The SMILES string of the molecule is OCC(c1ccccn1)C1(c2ccc(C(F)(F)F)cc2)CCC1. The van der Waals surface area contributed by atoms with Crippen molar-refractivity contribution in [3.63, 3.8) is 0 Å². The van der Waals surface area contributed by atoms with Crippen molar-refractivity contribution in [2.45, 2.75) is 36.8 Å². The number of rotatable bonds is 4. The van der Waals surface area contributed by atoms with E-state index in [1.807, 2.05) is 18.2 Å². The molecule has 2 nitrogen and oxygen atoms in total. The Hall–Kier alpha value is -1.88.